The molecular weight excluding hydrogens is 284 g/mol. The van der Waals surface area contributed by atoms with Gasteiger partial charge in [0.25, 0.3) is 0 Å². The second-order valence-electron chi connectivity index (χ2n) is 4.97. The maximum Gasteiger partial charge on any atom is 0.154 e. The first-order valence-corrected chi connectivity index (χ1v) is 8.66. The van der Waals surface area contributed by atoms with Crippen LogP contribution in [0, 0.1) is 0 Å². The maximum absolute atomic E-state index is 12.0. The van der Waals surface area contributed by atoms with Crippen LogP contribution in [-0.4, -0.2) is 31.9 Å². The Morgan fingerprint density at radius 1 is 1.32 bits per heavy atom. The van der Waals surface area contributed by atoms with Crippen molar-refractivity contribution in [2.45, 2.75) is 36.3 Å². The Kier molecular flexibility index (Phi) is 4.74. The Morgan fingerprint density at radius 3 is 2.58 bits per heavy atom. The van der Waals surface area contributed by atoms with Gasteiger partial charge in [0.05, 0.1) is 23.5 Å². The summed E-state index contributed by atoms with van der Waals surface area (Å²) in [7, 11) is -1.39. The summed E-state index contributed by atoms with van der Waals surface area (Å²) in [5.41, 5.74) is 1.04. The molecular formula is C14H19ClO3S. The zero-order chi connectivity index (χ0) is 13.9. The molecule has 5 heteroatoms. The van der Waals surface area contributed by atoms with Crippen LogP contribution in [0.1, 0.15) is 24.8 Å². The van der Waals surface area contributed by atoms with Gasteiger partial charge in [-0.05, 0) is 37.0 Å². The van der Waals surface area contributed by atoms with E-state index in [2.05, 4.69) is 0 Å². The van der Waals surface area contributed by atoms with Crippen LogP contribution < -0.4 is 4.74 Å². The molecule has 1 heterocycles. The van der Waals surface area contributed by atoms with Crippen LogP contribution in [0.25, 0.3) is 0 Å². The minimum Gasteiger partial charge on any atom is -0.497 e. The third-order valence-electron chi connectivity index (χ3n) is 3.62. The highest BCUT2D eigenvalue weighted by atomic mass is 35.5. The Bertz CT molecular complexity index is 510. The lowest BCUT2D eigenvalue weighted by atomic mass is 10.0. The molecule has 0 radical (unpaired) electrons. The number of sulfone groups is 1. The molecule has 1 saturated heterocycles. The number of methoxy groups -OCH3 is 1. The van der Waals surface area contributed by atoms with Crippen molar-refractivity contribution in [2.24, 2.45) is 0 Å². The molecule has 0 saturated carbocycles. The van der Waals surface area contributed by atoms with Crippen molar-refractivity contribution in [1.29, 1.82) is 0 Å². The number of halogens is 1. The molecule has 19 heavy (non-hydrogen) atoms. The number of benzene rings is 1. The Hall–Kier alpha value is -0.740. The summed E-state index contributed by atoms with van der Waals surface area (Å²) in [5.74, 6) is 1.07. The quantitative estimate of drug-likeness (QED) is 0.803. The Balaban J connectivity index is 2.05. The SMILES string of the molecule is COc1ccc(CC(Cl)C2CCCCS2(=O)=O)cc1. The summed E-state index contributed by atoms with van der Waals surface area (Å²) in [6.45, 7) is 0. The topological polar surface area (TPSA) is 43.4 Å². The molecule has 0 aliphatic carbocycles. The fraction of sp³-hybridized carbons (Fsp3) is 0.571. The van der Waals surface area contributed by atoms with E-state index in [1.807, 2.05) is 24.3 Å². The van der Waals surface area contributed by atoms with Crippen molar-refractivity contribution in [3.63, 3.8) is 0 Å². The number of hydrogen-bond donors (Lipinski definition) is 0. The van der Waals surface area contributed by atoms with E-state index in [1.165, 1.54) is 0 Å². The molecule has 0 amide bonds. The fourth-order valence-electron chi connectivity index (χ4n) is 2.50. The smallest absolute Gasteiger partial charge is 0.154 e. The predicted octanol–water partition coefficient (Wildman–Crippen LogP) is 2.81. The summed E-state index contributed by atoms with van der Waals surface area (Å²) < 4.78 is 29.1. The average molecular weight is 303 g/mol. The van der Waals surface area contributed by atoms with Gasteiger partial charge in [0.2, 0.25) is 0 Å². The lowest BCUT2D eigenvalue weighted by Crippen LogP contribution is -2.36. The molecule has 0 spiro atoms. The molecule has 2 atom stereocenters. The van der Waals surface area contributed by atoms with Gasteiger partial charge in [-0.15, -0.1) is 11.6 Å². The van der Waals surface area contributed by atoms with E-state index in [0.29, 0.717) is 12.8 Å². The number of alkyl halides is 1. The van der Waals surface area contributed by atoms with Crippen molar-refractivity contribution in [3.8, 4) is 5.75 Å². The summed E-state index contributed by atoms with van der Waals surface area (Å²) in [5, 5.41) is -0.747. The molecule has 1 aromatic carbocycles. The van der Waals surface area contributed by atoms with Gasteiger partial charge < -0.3 is 4.74 Å². The molecule has 106 valence electrons. The lowest BCUT2D eigenvalue weighted by Gasteiger charge is -2.26. The molecule has 3 nitrogen and oxygen atoms in total. The van der Waals surface area contributed by atoms with E-state index in [-0.39, 0.29) is 11.1 Å². The van der Waals surface area contributed by atoms with E-state index < -0.39 is 15.1 Å². The van der Waals surface area contributed by atoms with Crippen molar-refractivity contribution in [3.05, 3.63) is 29.8 Å². The van der Waals surface area contributed by atoms with Gasteiger partial charge >= 0.3 is 0 Å². The van der Waals surface area contributed by atoms with Crippen LogP contribution in [-0.2, 0) is 16.3 Å². The fourth-order valence-corrected chi connectivity index (χ4v) is 5.26. The highest BCUT2D eigenvalue weighted by molar-refractivity contribution is 7.92. The van der Waals surface area contributed by atoms with E-state index in [4.69, 9.17) is 16.3 Å². The van der Waals surface area contributed by atoms with Gasteiger partial charge in [-0.1, -0.05) is 18.6 Å². The molecule has 1 aromatic rings. The van der Waals surface area contributed by atoms with E-state index in [9.17, 15) is 8.42 Å². The first kappa shape index (κ1) is 14.7. The van der Waals surface area contributed by atoms with E-state index in [1.54, 1.807) is 7.11 Å². The molecule has 2 rings (SSSR count). The molecule has 1 fully saturated rings. The second-order valence-corrected chi connectivity index (χ2v) is 7.87. The highest BCUT2D eigenvalue weighted by Gasteiger charge is 2.34. The van der Waals surface area contributed by atoms with Gasteiger partial charge in [-0.2, -0.15) is 0 Å². The molecule has 2 unspecified atom stereocenters. The van der Waals surface area contributed by atoms with Crippen molar-refractivity contribution >= 4 is 21.4 Å². The average Bonchev–Trinajstić information content (AvgIpc) is 2.39. The largest absolute Gasteiger partial charge is 0.497 e. The molecule has 1 aliphatic rings. The third-order valence-corrected chi connectivity index (χ3v) is 6.57. The molecule has 1 aliphatic heterocycles. The number of rotatable bonds is 4. The van der Waals surface area contributed by atoms with Crippen molar-refractivity contribution in [1.82, 2.24) is 0 Å². The normalized spacial score (nSPS) is 23.8. The monoisotopic (exact) mass is 302 g/mol. The van der Waals surface area contributed by atoms with Crippen LogP contribution in [0.5, 0.6) is 5.75 Å². The van der Waals surface area contributed by atoms with E-state index >= 15 is 0 Å². The lowest BCUT2D eigenvalue weighted by molar-refractivity contribution is 0.414. The number of ether oxygens (including phenoxy) is 1. The van der Waals surface area contributed by atoms with Gasteiger partial charge in [-0.25, -0.2) is 8.42 Å². The Labute approximate surface area is 119 Å². The number of hydrogen-bond acceptors (Lipinski definition) is 3. The zero-order valence-electron chi connectivity index (χ0n) is 11.0. The van der Waals surface area contributed by atoms with Crippen LogP contribution >= 0.6 is 11.6 Å². The minimum atomic E-state index is -3.01. The molecule has 0 bridgehead atoms. The van der Waals surface area contributed by atoms with E-state index in [0.717, 1.165) is 24.2 Å². The standard InChI is InChI=1S/C14H19ClO3S/c1-18-12-7-5-11(6-8-12)10-13(15)14-4-2-3-9-19(14,16)17/h5-8,13-14H,2-4,9-10H2,1H3. The van der Waals surface area contributed by atoms with Gasteiger partial charge in [-0.3, -0.25) is 0 Å². The Morgan fingerprint density at radius 2 is 2.00 bits per heavy atom. The summed E-state index contributed by atoms with van der Waals surface area (Å²) >= 11 is 6.34. The highest BCUT2D eigenvalue weighted by Crippen LogP contribution is 2.27. The van der Waals surface area contributed by atoms with Crippen LogP contribution in [0.2, 0.25) is 0 Å². The first-order chi connectivity index (χ1) is 9.03. The molecule has 0 N–H and O–H groups in total. The minimum absolute atomic E-state index is 0.281. The first-order valence-electron chi connectivity index (χ1n) is 6.51. The van der Waals surface area contributed by atoms with Crippen LogP contribution in [0.15, 0.2) is 24.3 Å². The van der Waals surface area contributed by atoms with Crippen molar-refractivity contribution < 1.29 is 13.2 Å². The summed E-state index contributed by atoms with van der Waals surface area (Å²) in [4.78, 5) is 0. The van der Waals surface area contributed by atoms with Crippen molar-refractivity contribution in [2.75, 3.05) is 12.9 Å². The maximum atomic E-state index is 12.0. The second kappa shape index (κ2) is 6.14. The van der Waals surface area contributed by atoms with Gasteiger partial charge in [0.15, 0.2) is 9.84 Å². The van der Waals surface area contributed by atoms with Gasteiger partial charge in [0.1, 0.15) is 5.75 Å². The third kappa shape index (κ3) is 3.63. The van der Waals surface area contributed by atoms with Crippen LogP contribution in [0.4, 0.5) is 0 Å². The van der Waals surface area contributed by atoms with Crippen LogP contribution in [0.3, 0.4) is 0 Å². The predicted molar refractivity (Wildman–Crippen MR) is 77.8 cm³/mol. The van der Waals surface area contributed by atoms with Gasteiger partial charge in [0, 0.05) is 0 Å². The summed E-state index contributed by atoms with van der Waals surface area (Å²) in [6.07, 6.45) is 2.99. The molecule has 0 aromatic heterocycles. The summed E-state index contributed by atoms with van der Waals surface area (Å²) in [6, 6.07) is 7.61. The zero-order valence-corrected chi connectivity index (χ0v) is 12.6.